The van der Waals surface area contributed by atoms with Gasteiger partial charge in [0.1, 0.15) is 11.2 Å². The van der Waals surface area contributed by atoms with Crippen LogP contribution < -0.4 is 0 Å². The molecule has 0 radical (unpaired) electrons. The number of hydrogen-bond acceptors (Lipinski definition) is 4. The molecule has 0 aliphatic rings. The second-order valence-corrected chi connectivity index (χ2v) is 13.8. The topological polar surface area (TPSA) is 51.8 Å². The maximum atomic E-state index is 8.75. The first-order valence-electron chi connectivity index (χ1n) is 19.3. The standard InChI is InChI=1S/C51H31N3O/c1-3-13-37-30-39(26-20-32(37)10-1)43-28-29-46-47(44-17-7-8-19-45(44)55-46)48(43)51-53-49(52-50(54-51)40-27-21-33-11-2-4-14-38(33)31-40)36-24-22-35(23-25-36)42-18-9-15-34-12-5-6-16-41(34)42/h1-31H/i7D,19D. The molecule has 0 aliphatic heterocycles. The van der Waals surface area contributed by atoms with Crippen molar-refractivity contribution in [2.45, 2.75) is 0 Å². The van der Waals surface area contributed by atoms with Gasteiger partial charge in [0.05, 0.1) is 2.74 Å². The van der Waals surface area contributed by atoms with Crippen molar-refractivity contribution in [2.24, 2.45) is 0 Å². The summed E-state index contributed by atoms with van der Waals surface area (Å²) in [5, 5.41) is 8.29. The van der Waals surface area contributed by atoms with E-state index in [0.717, 1.165) is 65.9 Å². The number of nitrogens with zero attached hydrogens (tertiary/aromatic N) is 3. The van der Waals surface area contributed by atoms with Crippen molar-refractivity contribution in [1.29, 1.82) is 0 Å². The summed E-state index contributed by atoms with van der Waals surface area (Å²) >= 11 is 0. The largest absolute Gasteiger partial charge is 0.456 e. The third kappa shape index (κ3) is 5.34. The molecule has 11 rings (SSSR count). The first-order valence-corrected chi connectivity index (χ1v) is 18.3. The Morgan fingerprint density at radius 3 is 1.76 bits per heavy atom. The lowest BCUT2D eigenvalue weighted by Gasteiger charge is -2.14. The van der Waals surface area contributed by atoms with Gasteiger partial charge in [-0.25, -0.2) is 15.0 Å². The van der Waals surface area contributed by atoms with Gasteiger partial charge in [0, 0.05) is 27.5 Å². The van der Waals surface area contributed by atoms with E-state index in [0.29, 0.717) is 34.0 Å². The van der Waals surface area contributed by atoms with Crippen LogP contribution in [-0.4, -0.2) is 15.0 Å². The molecule has 11 aromatic rings. The summed E-state index contributed by atoms with van der Waals surface area (Å²) in [5.74, 6) is 1.54. The summed E-state index contributed by atoms with van der Waals surface area (Å²) in [6.45, 7) is 0. The van der Waals surface area contributed by atoms with Gasteiger partial charge in [0.15, 0.2) is 17.5 Å². The molecule has 2 heterocycles. The summed E-state index contributed by atoms with van der Waals surface area (Å²) in [4.78, 5) is 15.7. The zero-order valence-electron chi connectivity index (χ0n) is 31.5. The molecule has 0 bridgehead atoms. The molecular weight excluding hydrogens is 671 g/mol. The Hall–Kier alpha value is -7.43. The van der Waals surface area contributed by atoms with Crippen LogP contribution >= 0.6 is 0 Å². The Labute approximate surface area is 319 Å². The molecule has 2 aromatic heterocycles. The minimum absolute atomic E-state index is 0.159. The highest BCUT2D eigenvalue weighted by Crippen LogP contribution is 2.43. The molecule has 0 unspecified atom stereocenters. The first kappa shape index (κ1) is 29.1. The molecule has 0 amide bonds. The smallest absolute Gasteiger partial charge is 0.165 e. The van der Waals surface area contributed by atoms with E-state index in [9.17, 15) is 0 Å². The van der Waals surface area contributed by atoms with Gasteiger partial charge in [-0.3, -0.25) is 0 Å². The third-order valence-corrected chi connectivity index (χ3v) is 10.6. The molecule has 0 saturated carbocycles. The van der Waals surface area contributed by atoms with Crippen LogP contribution in [0.25, 0.3) is 111 Å². The number of fused-ring (bicyclic) bond motifs is 6. The van der Waals surface area contributed by atoms with E-state index >= 15 is 0 Å². The lowest BCUT2D eigenvalue weighted by atomic mass is 9.93. The number of hydrogen-bond donors (Lipinski definition) is 0. The van der Waals surface area contributed by atoms with Gasteiger partial charge in [0.2, 0.25) is 0 Å². The number of furan rings is 1. The maximum absolute atomic E-state index is 8.75. The highest BCUT2D eigenvalue weighted by atomic mass is 16.3. The van der Waals surface area contributed by atoms with Gasteiger partial charge in [-0.2, -0.15) is 0 Å². The van der Waals surface area contributed by atoms with Gasteiger partial charge in [-0.05, 0) is 84.9 Å². The van der Waals surface area contributed by atoms with Crippen molar-refractivity contribution in [2.75, 3.05) is 0 Å². The predicted molar refractivity (Wildman–Crippen MR) is 227 cm³/mol. The van der Waals surface area contributed by atoms with Crippen molar-refractivity contribution in [3.05, 3.63) is 188 Å². The third-order valence-electron chi connectivity index (χ3n) is 10.6. The first-order chi connectivity index (χ1) is 28.0. The zero-order chi connectivity index (χ0) is 38.0. The van der Waals surface area contributed by atoms with Gasteiger partial charge < -0.3 is 4.42 Å². The summed E-state index contributed by atoms with van der Waals surface area (Å²) in [6.07, 6.45) is 0. The predicted octanol–water partition coefficient (Wildman–Crippen LogP) is 13.6. The molecule has 0 saturated heterocycles. The molecule has 4 heteroatoms. The van der Waals surface area contributed by atoms with E-state index in [2.05, 4.69) is 127 Å². The van der Waals surface area contributed by atoms with E-state index < -0.39 is 0 Å². The van der Waals surface area contributed by atoms with Crippen molar-refractivity contribution in [1.82, 2.24) is 15.0 Å². The monoisotopic (exact) mass is 703 g/mol. The number of benzene rings is 9. The van der Waals surface area contributed by atoms with Crippen LogP contribution in [0, 0.1) is 0 Å². The van der Waals surface area contributed by atoms with Crippen LogP contribution in [0.2, 0.25) is 0 Å². The van der Waals surface area contributed by atoms with Gasteiger partial charge in [-0.15, -0.1) is 0 Å². The van der Waals surface area contributed by atoms with E-state index in [4.69, 9.17) is 22.1 Å². The summed E-state index contributed by atoms with van der Waals surface area (Å²) in [5.41, 5.74) is 7.65. The lowest BCUT2D eigenvalue weighted by molar-refractivity contribution is 0.669. The van der Waals surface area contributed by atoms with E-state index in [1.807, 2.05) is 36.4 Å². The Bertz CT molecular complexity index is 3390. The van der Waals surface area contributed by atoms with Crippen LogP contribution in [0.4, 0.5) is 0 Å². The van der Waals surface area contributed by atoms with E-state index in [-0.39, 0.29) is 12.1 Å². The number of aromatic nitrogens is 3. The zero-order valence-corrected chi connectivity index (χ0v) is 29.5. The Balaban J connectivity index is 1.18. The molecule has 256 valence electrons. The maximum Gasteiger partial charge on any atom is 0.165 e. The van der Waals surface area contributed by atoms with Crippen LogP contribution in [0.15, 0.2) is 192 Å². The van der Waals surface area contributed by atoms with Crippen molar-refractivity contribution >= 4 is 54.3 Å². The second-order valence-electron chi connectivity index (χ2n) is 13.8. The summed E-state index contributed by atoms with van der Waals surface area (Å²) in [7, 11) is 0. The molecule has 0 N–H and O–H groups in total. The van der Waals surface area contributed by atoms with E-state index in [1.165, 1.54) is 16.8 Å². The van der Waals surface area contributed by atoms with Gasteiger partial charge in [-0.1, -0.05) is 158 Å². The Morgan fingerprint density at radius 1 is 0.382 bits per heavy atom. The van der Waals surface area contributed by atoms with Crippen LogP contribution in [0.1, 0.15) is 2.74 Å². The molecule has 4 nitrogen and oxygen atoms in total. The molecular formula is C51H31N3O. The molecule has 0 aliphatic carbocycles. The average molecular weight is 704 g/mol. The quantitative estimate of drug-likeness (QED) is 0.179. The number of rotatable bonds is 5. The van der Waals surface area contributed by atoms with Crippen LogP contribution in [0.3, 0.4) is 0 Å². The molecule has 0 atom stereocenters. The molecule has 0 spiro atoms. The molecule has 9 aromatic carbocycles. The van der Waals surface area contributed by atoms with Crippen LogP contribution in [0.5, 0.6) is 0 Å². The lowest BCUT2D eigenvalue weighted by Crippen LogP contribution is -2.01. The fraction of sp³-hybridized carbons (Fsp3) is 0. The van der Waals surface area contributed by atoms with Gasteiger partial charge in [0.25, 0.3) is 0 Å². The fourth-order valence-corrected chi connectivity index (χ4v) is 7.87. The van der Waals surface area contributed by atoms with Crippen molar-refractivity contribution in [3.63, 3.8) is 0 Å². The van der Waals surface area contributed by atoms with Gasteiger partial charge >= 0.3 is 0 Å². The molecule has 55 heavy (non-hydrogen) atoms. The fourth-order valence-electron chi connectivity index (χ4n) is 7.87. The normalized spacial score (nSPS) is 12.1. The van der Waals surface area contributed by atoms with Crippen molar-refractivity contribution < 1.29 is 7.16 Å². The second kappa shape index (κ2) is 12.6. The van der Waals surface area contributed by atoms with Crippen LogP contribution in [-0.2, 0) is 0 Å². The number of para-hydroxylation sites is 1. The van der Waals surface area contributed by atoms with E-state index in [1.54, 1.807) is 6.07 Å². The highest BCUT2D eigenvalue weighted by molar-refractivity contribution is 6.15. The average Bonchev–Trinajstić information content (AvgIpc) is 3.64. The summed E-state index contributed by atoms with van der Waals surface area (Å²) < 4.78 is 23.7. The highest BCUT2D eigenvalue weighted by Gasteiger charge is 2.22. The van der Waals surface area contributed by atoms with Crippen molar-refractivity contribution in [3.8, 4) is 56.4 Å². The SMILES string of the molecule is [2H]c1cc([2H])c2oc3ccc(-c4ccc5ccccc5c4)c(-c4nc(-c5ccc(-c6cccc7ccccc67)cc5)nc(-c5ccc6ccccc6c5)n4)c3c2c1. The Morgan fingerprint density at radius 2 is 0.982 bits per heavy atom. The minimum Gasteiger partial charge on any atom is -0.456 e. The molecule has 0 fully saturated rings. The Kier molecular flexibility index (Phi) is 6.67. The summed E-state index contributed by atoms with van der Waals surface area (Å²) in [6, 6.07) is 60.2. The minimum atomic E-state index is 0.159.